The van der Waals surface area contributed by atoms with Crippen molar-refractivity contribution in [2.24, 2.45) is 0 Å². The minimum absolute atomic E-state index is 0.0353. The first kappa shape index (κ1) is 18.4. The first-order valence-electron chi connectivity index (χ1n) is 6.28. The van der Waals surface area contributed by atoms with Gasteiger partial charge in [-0.3, -0.25) is 20.2 Å². The average molecular weight is 405 g/mol. The molecule has 0 atom stereocenters. The Morgan fingerprint density at radius 1 is 1.08 bits per heavy atom. The molecule has 10 heteroatoms. The molecule has 24 heavy (non-hydrogen) atoms. The summed E-state index contributed by atoms with van der Waals surface area (Å²) in [6.07, 6.45) is 0. The molecule has 0 radical (unpaired) electrons. The second-order valence-corrected chi connectivity index (χ2v) is 6.18. The molecule has 6 nitrogen and oxygen atoms in total. The average Bonchev–Trinajstić information content (AvgIpc) is 2.48. The van der Waals surface area contributed by atoms with Crippen molar-refractivity contribution in [2.75, 3.05) is 5.32 Å². The lowest BCUT2D eigenvalue weighted by Crippen LogP contribution is -2.34. The van der Waals surface area contributed by atoms with Crippen molar-refractivity contribution in [2.45, 2.75) is 0 Å². The van der Waals surface area contributed by atoms with Crippen LogP contribution in [0.1, 0.15) is 10.4 Å². The van der Waals surface area contributed by atoms with Gasteiger partial charge in [0, 0.05) is 27.7 Å². The standard InChI is InChI=1S/C14H8Cl3N3O3S/c15-8-3-7(4-9(16)5-8)13(21)19-14(24)18-12-2-1-10(20(22)23)6-11(12)17/h1-6H,(H2,18,19,21,24). The van der Waals surface area contributed by atoms with Gasteiger partial charge in [0.25, 0.3) is 11.6 Å². The molecule has 0 saturated heterocycles. The van der Waals surface area contributed by atoms with Gasteiger partial charge < -0.3 is 5.32 Å². The van der Waals surface area contributed by atoms with Gasteiger partial charge in [-0.15, -0.1) is 0 Å². The van der Waals surface area contributed by atoms with Crippen molar-refractivity contribution in [1.82, 2.24) is 5.32 Å². The summed E-state index contributed by atoms with van der Waals surface area (Å²) < 4.78 is 0. The molecule has 0 saturated carbocycles. The normalized spacial score (nSPS) is 10.1. The van der Waals surface area contributed by atoms with E-state index in [2.05, 4.69) is 10.6 Å². The van der Waals surface area contributed by atoms with Crippen LogP contribution in [0.4, 0.5) is 11.4 Å². The monoisotopic (exact) mass is 403 g/mol. The van der Waals surface area contributed by atoms with E-state index in [1.807, 2.05) is 0 Å². The molecular weight excluding hydrogens is 397 g/mol. The zero-order valence-electron chi connectivity index (χ0n) is 11.7. The maximum atomic E-state index is 12.1. The fraction of sp³-hybridized carbons (Fsp3) is 0. The highest BCUT2D eigenvalue weighted by Gasteiger charge is 2.13. The summed E-state index contributed by atoms with van der Waals surface area (Å²) in [5.41, 5.74) is 0.386. The lowest BCUT2D eigenvalue weighted by molar-refractivity contribution is -0.384. The van der Waals surface area contributed by atoms with Crippen LogP contribution in [-0.4, -0.2) is 15.9 Å². The number of nitro benzene ring substituents is 1. The highest BCUT2D eigenvalue weighted by atomic mass is 35.5. The van der Waals surface area contributed by atoms with Gasteiger partial charge in [0.1, 0.15) is 0 Å². The topological polar surface area (TPSA) is 84.3 Å². The van der Waals surface area contributed by atoms with Gasteiger partial charge in [0.2, 0.25) is 0 Å². The Morgan fingerprint density at radius 2 is 1.71 bits per heavy atom. The van der Waals surface area contributed by atoms with Gasteiger partial charge in [0.05, 0.1) is 15.6 Å². The van der Waals surface area contributed by atoms with Gasteiger partial charge in [-0.25, -0.2) is 0 Å². The molecule has 2 aromatic carbocycles. The molecule has 0 aliphatic rings. The number of hydrogen-bond acceptors (Lipinski definition) is 4. The first-order valence-corrected chi connectivity index (χ1v) is 7.83. The Morgan fingerprint density at radius 3 is 2.25 bits per heavy atom. The number of thiocarbonyl (C=S) groups is 1. The number of carbonyl (C=O) groups is 1. The second-order valence-electron chi connectivity index (χ2n) is 4.49. The number of anilines is 1. The van der Waals surface area contributed by atoms with E-state index < -0.39 is 10.8 Å². The predicted octanol–water partition coefficient (Wildman–Crippen LogP) is 4.68. The summed E-state index contributed by atoms with van der Waals surface area (Å²) in [5, 5.41) is 16.5. The third-order valence-electron chi connectivity index (χ3n) is 2.76. The van der Waals surface area contributed by atoms with Crippen LogP contribution in [0.2, 0.25) is 15.1 Å². The van der Waals surface area contributed by atoms with Crippen LogP contribution in [0.25, 0.3) is 0 Å². The van der Waals surface area contributed by atoms with Crippen LogP contribution in [0.5, 0.6) is 0 Å². The van der Waals surface area contributed by atoms with Gasteiger partial charge in [0.15, 0.2) is 5.11 Å². The molecule has 0 heterocycles. The van der Waals surface area contributed by atoms with Crippen molar-refractivity contribution in [3.8, 4) is 0 Å². The van der Waals surface area contributed by atoms with Crippen LogP contribution in [0.3, 0.4) is 0 Å². The summed E-state index contributed by atoms with van der Waals surface area (Å²) in [5.74, 6) is -0.519. The predicted molar refractivity (Wildman–Crippen MR) is 98.3 cm³/mol. The maximum absolute atomic E-state index is 12.1. The quantitative estimate of drug-likeness (QED) is 0.441. The summed E-state index contributed by atoms with van der Waals surface area (Å²) in [6, 6.07) is 8.18. The third-order valence-corrected chi connectivity index (χ3v) is 3.72. The van der Waals surface area contributed by atoms with Crippen molar-refractivity contribution in [1.29, 1.82) is 0 Å². The molecule has 0 aliphatic heterocycles. The minimum Gasteiger partial charge on any atom is -0.331 e. The van der Waals surface area contributed by atoms with E-state index in [4.69, 9.17) is 47.0 Å². The maximum Gasteiger partial charge on any atom is 0.271 e. The molecule has 2 aromatic rings. The smallest absolute Gasteiger partial charge is 0.271 e. The Balaban J connectivity index is 2.08. The number of carbonyl (C=O) groups excluding carboxylic acids is 1. The van der Waals surface area contributed by atoms with Crippen molar-refractivity contribution < 1.29 is 9.72 Å². The van der Waals surface area contributed by atoms with E-state index in [0.29, 0.717) is 15.7 Å². The summed E-state index contributed by atoms with van der Waals surface area (Å²) >= 11 is 22.6. The number of rotatable bonds is 3. The highest BCUT2D eigenvalue weighted by Crippen LogP contribution is 2.26. The molecule has 1 amide bonds. The number of hydrogen-bond donors (Lipinski definition) is 2. The van der Waals surface area contributed by atoms with E-state index in [9.17, 15) is 14.9 Å². The van der Waals surface area contributed by atoms with Crippen molar-refractivity contribution in [3.05, 3.63) is 67.1 Å². The minimum atomic E-state index is -0.571. The summed E-state index contributed by atoms with van der Waals surface area (Å²) in [4.78, 5) is 22.2. The number of benzene rings is 2. The van der Waals surface area contributed by atoms with Gasteiger partial charge >= 0.3 is 0 Å². The summed E-state index contributed by atoms with van der Waals surface area (Å²) in [7, 11) is 0. The Hall–Kier alpha value is -1.93. The molecular formula is C14H8Cl3N3O3S. The van der Waals surface area contributed by atoms with E-state index in [-0.39, 0.29) is 21.4 Å². The summed E-state index contributed by atoms with van der Waals surface area (Å²) in [6.45, 7) is 0. The molecule has 2 rings (SSSR count). The first-order chi connectivity index (χ1) is 11.3. The highest BCUT2D eigenvalue weighted by molar-refractivity contribution is 7.80. The number of nitrogens with zero attached hydrogens (tertiary/aromatic N) is 1. The van der Waals surface area contributed by atoms with Crippen LogP contribution in [-0.2, 0) is 0 Å². The number of nitro groups is 1. The van der Waals surface area contributed by atoms with Gasteiger partial charge in [-0.2, -0.15) is 0 Å². The van der Waals surface area contributed by atoms with Crippen LogP contribution >= 0.6 is 47.0 Å². The molecule has 0 aromatic heterocycles. The van der Waals surface area contributed by atoms with Gasteiger partial charge in [-0.05, 0) is 36.5 Å². The molecule has 0 unspecified atom stereocenters. The second kappa shape index (κ2) is 7.76. The number of amides is 1. The Kier molecular flexibility index (Phi) is 5.95. The largest absolute Gasteiger partial charge is 0.331 e. The fourth-order valence-electron chi connectivity index (χ4n) is 1.73. The van der Waals surface area contributed by atoms with E-state index in [1.54, 1.807) is 0 Å². The molecule has 0 bridgehead atoms. The Bertz CT molecular complexity index is 825. The SMILES string of the molecule is O=C(NC(=S)Nc1ccc([N+](=O)[O-])cc1Cl)c1cc(Cl)cc(Cl)c1. The van der Waals surface area contributed by atoms with Crippen LogP contribution < -0.4 is 10.6 Å². The van der Waals surface area contributed by atoms with E-state index in [0.717, 1.165) is 0 Å². The van der Waals surface area contributed by atoms with Gasteiger partial charge in [-0.1, -0.05) is 34.8 Å². The molecule has 0 fully saturated rings. The lowest BCUT2D eigenvalue weighted by atomic mass is 10.2. The molecule has 124 valence electrons. The zero-order valence-corrected chi connectivity index (χ0v) is 14.8. The van der Waals surface area contributed by atoms with Crippen molar-refractivity contribution >= 4 is 69.4 Å². The molecule has 2 N–H and O–H groups in total. The lowest BCUT2D eigenvalue weighted by Gasteiger charge is -2.11. The number of nitrogens with one attached hydrogen (secondary N) is 2. The van der Waals surface area contributed by atoms with Crippen LogP contribution in [0, 0.1) is 10.1 Å². The fourth-order valence-corrected chi connectivity index (χ4v) is 2.68. The van der Waals surface area contributed by atoms with E-state index in [1.165, 1.54) is 36.4 Å². The third kappa shape index (κ3) is 4.78. The number of halogens is 3. The molecule has 0 spiro atoms. The van der Waals surface area contributed by atoms with Crippen molar-refractivity contribution in [3.63, 3.8) is 0 Å². The zero-order chi connectivity index (χ0) is 17.9. The number of non-ortho nitro benzene ring substituents is 1. The van der Waals surface area contributed by atoms with Crippen LogP contribution in [0.15, 0.2) is 36.4 Å². The van der Waals surface area contributed by atoms with E-state index >= 15 is 0 Å². The molecule has 0 aliphatic carbocycles. The Labute approximate surface area is 156 Å².